The smallest absolute Gasteiger partial charge is 0.222 e. The Labute approximate surface area is 184 Å². The van der Waals surface area contributed by atoms with Gasteiger partial charge in [-0.15, -0.1) is 0 Å². The van der Waals surface area contributed by atoms with Crippen molar-refractivity contribution >= 4 is 10.9 Å². The van der Waals surface area contributed by atoms with Crippen LogP contribution < -0.4 is 4.57 Å². The van der Waals surface area contributed by atoms with Gasteiger partial charge in [0.25, 0.3) is 0 Å². The quantitative estimate of drug-likeness (QED) is 0.369. The second-order valence-corrected chi connectivity index (χ2v) is 9.09. The largest absolute Gasteiger partial charge is 0.257 e. The third-order valence-corrected chi connectivity index (χ3v) is 6.98. The average molecular weight is 409 g/mol. The minimum atomic E-state index is 0.579. The molecule has 2 aromatic carbocycles. The molecule has 1 fully saturated rings. The maximum atomic E-state index is 4.93. The van der Waals surface area contributed by atoms with Crippen LogP contribution in [-0.4, -0.2) is 9.97 Å². The van der Waals surface area contributed by atoms with Crippen molar-refractivity contribution in [3.63, 3.8) is 0 Å². The van der Waals surface area contributed by atoms with Crippen molar-refractivity contribution in [1.82, 2.24) is 9.97 Å². The molecule has 5 rings (SSSR count). The van der Waals surface area contributed by atoms with Crippen LogP contribution in [0, 0.1) is 20.8 Å². The van der Waals surface area contributed by atoms with Crippen LogP contribution in [0.25, 0.3) is 33.4 Å². The Hall–Kier alpha value is -3.07. The van der Waals surface area contributed by atoms with Gasteiger partial charge < -0.3 is 0 Å². The van der Waals surface area contributed by atoms with Gasteiger partial charge in [0.1, 0.15) is 7.05 Å². The highest BCUT2D eigenvalue weighted by atomic mass is 14.9. The van der Waals surface area contributed by atoms with E-state index < -0.39 is 0 Å². The number of pyridine rings is 1. The molecule has 0 saturated heterocycles. The lowest BCUT2D eigenvalue weighted by atomic mass is 9.93. The lowest BCUT2D eigenvalue weighted by Crippen LogP contribution is -2.33. The summed E-state index contributed by atoms with van der Waals surface area (Å²) in [7, 11) is 2.17. The van der Waals surface area contributed by atoms with Crippen LogP contribution in [0.2, 0.25) is 0 Å². The predicted molar refractivity (Wildman–Crippen MR) is 127 cm³/mol. The van der Waals surface area contributed by atoms with Crippen molar-refractivity contribution in [2.24, 2.45) is 7.05 Å². The standard InChI is InChI=1S/C28H30N3/c1-18-13-19(2)20(3)23(14-18)28-24(15-22-11-7-8-12-27(22)31(28)4)26-17-29-25(16-30-26)21-9-5-6-10-21/h7-8,11-17,21H,5-6,9-10H2,1-4H3/q+1. The summed E-state index contributed by atoms with van der Waals surface area (Å²) in [5.41, 5.74) is 10.8. The molecule has 0 unspecified atom stereocenters. The molecule has 1 aliphatic carbocycles. The summed E-state index contributed by atoms with van der Waals surface area (Å²) in [6.45, 7) is 6.59. The minimum Gasteiger partial charge on any atom is -0.257 e. The van der Waals surface area contributed by atoms with E-state index in [0.717, 1.165) is 17.0 Å². The van der Waals surface area contributed by atoms with Gasteiger partial charge in [-0.05, 0) is 62.9 Å². The highest BCUT2D eigenvalue weighted by Gasteiger charge is 2.25. The van der Waals surface area contributed by atoms with E-state index >= 15 is 0 Å². The van der Waals surface area contributed by atoms with Crippen LogP contribution in [0.4, 0.5) is 0 Å². The van der Waals surface area contributed by atoms with Crippen LogP contribution in [0.1, 0.15) is 54.0 Å². The predicted octanol–water partition coefficient (Wildman–Crippen LogP) is 6.37. The molecule has 4 aromatic rings. The number of rotatable bonds is 3. The van der Waals surface area contributed by atoms with E-state index in [1.165, 1.54) is 64.5 Å². The Morgan fingerprint density at radius 3 is 2.39 bits per heavy atom. The molecular weight excluding hydrogens is 378 g/mol. The topological polar surface area (TPSA) is 29.7 Å². The summed E-state index contributed by atoms with van der Waals surface area (Å²) in [6.07, 6.45) is 9.10. The molecule has 0 bridgehead atoms. The first-order valence-corrected chi connectivity index (χ1v) is 11.3. The number of aryl methyl sites for hydroxylation is 3. The molecule has 156 valence electrons. The van der Waals surface area contributed by atoms with Crippen LogP contribution in [-0.2, 0) is 7.05 Å². The van der Waals surface area contributed by atoms with Gasteiger partial charge in [-0.3, -0.25) is 9.97 Å². The molecule has 2 heterocycles. The summed E-state index contributed by atoms with van der Waals surface area (Å²) in [5, 5.41) is 1.22. The molecule has 1 aliphatic rings. The van der Waals surface area contributed by atoms with E-state index in [9.17, 15) is 0 Å². The fraction of sp³-hybridized carbons (Fsp3) is 0.321. The summed E-state index contributed by atoms with van der Waals surface area (Å²) in [4.78, 5) is 9.79. The molecule has 0 atom stereocenters. The maximum absolute atomic E-state index is 4.93. The van der Waals surface area contributed by atoms with Crippen molar-refractivity contribution < 1.29 is 4.57 Å². The molecule has 0 spiro atoms. The first-order valence-electron chi connectivity index (χ1n) is 11.3. The highest BCUT2D eigenvalue weighted by molar-refractivity contribution is 5.88. The van der Waals surface area contributed by atoms with Gasteiger partial charge in [0.15, 0.2) is 0 Å². The molecule has 3 heteroatoms. The van der Waals surface area contributed by atoms with Crippen molar-refractivity contribution in [3.05, 3.63) is 77.2 Å². The SMILES string of the molecule is Cc1cc(C)c(C)c(-c2c(-c3cnc(C4CCCC4)cn3)cc3ccccc3[n+]2C)c1. The molecular formula is C28H30N3+. The second-order valence-electron chi connectivity index (χ2n) is 9.09. The van der Waals surface area contributed by atoms with Gasteiger partial charge in [-0.1, -0.05) is 36.6 Å². The zero-order valence-electron chi connectivity index (χ0n) is 18.9. The Kier molecular flexibility index (Phi) is 5.05. The zero-order chi connectivity index (χ0) is 21.5. The number of benzene rings is 2. The minimum absolute atomic E-state index is 0.579. The van der Waals surface area contributed by atoms with E-state index in [0.29, 0.717) is 5.92 Å². The highest BCUT2D eigenvalue weighted by Crippen LogP contribution is 2.36. The fourth-order valence-corrected chi connectivity index (χ4v) is 5.16. The number of hydrogen-bond acceptors (Lipinski definition) is 2. The Morgan fingerprint density at radius 1 is 0.871 bits per heavy atom. The summed E-state index contributed by atoms with van der Waals surface area (Å²) < 4.78 is 2.32. The van der Waals surface area contributed by atoms with Gasteiger partial charge >= 0.3 is 0 Å². The van der Waals surface area contributed by atoms with E-state index in [-0.39, 0.29) is 0 Å². The molecule has 31 heavy (non-hydrogen) atoms. The van der Waals surface area contributed by atoms with Gasteiger partial charge in [-0.2, -0.15) is 4.57 Å². The van der Waals surface area contributed by atoms with Crippen molar-refractivity contribution in [1.29, 1.82) is 0 Å². The molecule has 0 amide bonds. The molecule has 0 radical (unpaired) electrons. The summed E-state index contributed by atoms with van der Waals surface area (Å²) in [6, 6.07) is 15.4. The van der Waals surface area contributed by atoms with Gasteiger partial charge in [0, 0.05) is 23.6 Å². The van der Waals surface area contributed by atoms with Crippen molar-refractivity contribution in [3.8, 4) is 22.5 Å². The van der Waals surface area contributed by atoms with Gasteiger partial charge in [0.2, 0.25) is 11.2 Å². The number of nitrogens with zero attached hydrogens (tertiary/aromatic N) is 3. The Balaban J connectivity index is 1.75. The van der Waals surface area contributed by atoms with E-state index in [2.05, 4.69) is 74.9 Å². The number of hydrogen-bond donors (Lipinski definition) is 0. The zero-order valence-corrected chi connectivity index (χ0v) is 18.9. The van der Waals surface area contributed by atoms with Crippen LogP contribution in [0.5, 0.6) is 0 Å². The van der Waals surface area contributed by atoms with E-state index in [1.807, 2.05) is 12.4 Å². The summed E-state index contributed by atoms with van der Waals surface area (Å²) >= 11 is 0. The fourth-order valence-electron chi connectivity index (χ4n) is 5.16. The van der Waals surface area contributed by atoms with Gasteiger partial charge in [0.05, 0.1) is 28.7 Å². The molecule has 0 N–H and O–H groups in total. The Bertz CT molecular complexity index is 1270. The third-order valence-electron chi connectivity index (χ3n) is 6.98. The average Bonchev–Trinajstić information content (AvgIpc) is 3.32. The number of para-hydroxylation sites is 1. The van der Waals surface area contributed by atoms with E-state index in [1.54, 1.807) is 0 Å². The first-order chi connectivity index (χ1) is 15.0. The van der Waals surface area contributed by atoms with Gasteiger partial charge in [-0.25, -0.2) is 0 Å². The molecule has 1 saturated carbocycles. The summed E-state index contributed by atoms with van der Waals surface area (Å²) in [5.74, 6) is 0.579. The third kappa shape index (κ3) is 3.52. The lowest BCUT2D eigenvalue weighted by molar-refractivity contribution is -0.633. The lowest BCUT2D eigenvalue weighted by Gasteiger charge is -2.15. The number of fused-ring (bicyclic) bond motifs is 1. The number of aromatic nitrogens is 3. The normalized spacial score (nSPS) is 14.5. The molecule has 0 aliphatic heterocycles. The monoisotopic (exact) mass is 408 g/mol. The molecule has 3 nitrogen and oxygen atoms in total. The second kappa shape index (κ2) is 7.88. The first kappa shape index (κ1) is 19.9. The van der Waals surface area contributed by atoms with E-state index in [4.69, 9.17) is 9.97 Å². The van der Waals surface area contributed by atoms with Crippen LogP contribution in [0.15, 0.2) is 54.9 Å². The maximum Gasteiger partial charge on any atom is 0.222 e. The van der Waals surface area contributed by atoms with Crippen molar-refractivity contribution in [2.45, 2.75) is 52.4 Å². The van der Waals surface area contributed by atoms with Crippen LogP contribution >= 0.6 is 0 Å². The Morgan fingerprint density at radius 2 is 1.65 bits per heavy atom. The van der Waals surface area contributed by atoms with Crippen molar-refractivity contribution in [2.75, 3.05) is 0 Å². The van der Waals surface area contributed by atoms with Crippen LogP contribution in [0.3, 0.4) is 0 Å². The molecule has 2 aromatic heterocycles.